The predicted molar refractivity (Wildman–Crippen MR) is 116 cm³/mol. The Labute approximate surface area is 176 Å². The fraction of sp³-hybridized carbons (Fsp3) is 0.708. The molecule has 0 aromatic heterocycles. The van der Waals surface area contributed by atoms with Crippen molar-refractivity contribution in [3.63, 3.8) is 0 Å². The minimum absolute atomic E-state index is 0.0981. The first-order chi connectivity index (χ1) is 14.2. The zero-order chi connectivity index (χ0) is 20.3. The summed E-state index contributed by atoms with van der Waals surface area (Å²) >= 11 is 0. The van der Waals surface area contributed by atoms with Gasteiger partial charge in [-0.15, -0.1) is 0 Å². The van der Waals surface area contributed by atoms with Crippen molar-refractivity contribution in [3.8, 4) is 0 Å². The molecule has 1 aliphatic heterocycles. The van der Waals surface area contributed by atoms with E-state index < -0.39 is 0 Å². The van der Waals surface area contributed by atoms with Gasteiger partial charge in [-0.25, -0.2) is 0 Å². The third-order valence-electron chi connectivity index (χ3n) is 6.04. The molecule has 2 fully saturated rings. The molecule has 1 amide bonds. The molecular weight excluding hydrogens is 364 g/mol. The van der Waals surface area contributed by atoms with E-state index in [4.69, 9.17) is 9.47 Å². The molecule has 1 heterocycles. The van der Waals surface area contributed by atoms with Gasteiger partial charge in [0.15, 0.2) is 0 Å². The van der Waals surface area contributed by atoms with Gasteiger partial charge in [0, 0.05) is 26.2 Å². The maximum Gasteiger partial charge on any atom is 0.234 e. The fourth-order valence-corrected chi connectivity index (χ4v) is 4.33. The summed E-state index contributed by atoms with van der Waals surface area (Å²) < 4.78 is 12.0. The van der Waals surface area contributed by atoms with Gasteiger partial charge in [0.25, 0.3) is 0 Å². The van der Waals surface area contributed by atoms with Crippen LogP contribution in [0.2, 0.25) is 0 Å². The number of hydrogen-bond donors (Lipinski definition) is 1. The maximum absolute atomic E-state index is 12.4. The summed E-state index contributed by atoms with van der Waals surface area (Å²) in [6.07, 6.45) is 10.4. The molecule has 1 aliphatic carbocycles. The van der Waals surface area contributed by atoms with E-state index in [0.29, 0.717) is 31.9 Å². The van der Waals surface area contributed by atoms with Crippen LogP contribution in [0, 0.1) is 0 Å². The van der Waals surface area contributed by atoms with Gasteiger partial charge in [-0.2, -0.15) is 0 Å². The molecule has 0 spiro atoms. The van der Waals surface area contributed by atoms with Crippen LogP contribution in [-0.2, 0) is 27.4 Å². The van der Waals surface area contributed by atoms with Crippen LogP contribution in [0.5, 0.6) is 0 Å². The minimum atomic E-state index is 0.0981. The number of ether oxygens (including phenoxy) is 2. The lowest BCUT2D eigenvalue weighted by atomic mass is 9.97. The van der Waals surface area contributed by atoms with Gasteiger partial charge >= 0.3 is 0 Å². The third kappa shape index (κ3) is 7.72. The topological polar surface area (TPSA) is 50.8 Å². The molecule has 1 aromatic rings. The molecule has 1 saturated heterocycles. The summed E-state index contributed by atoms with van der Waals surface area (Å²) in [5.41, 5.74) is 2.29. The minimum Gasteiger partial charge on any atom is -0.377 e. The highest BCUT2D eigenvalue weighted by molar-refractivity contribution is 5.78. The molecule has 3 rings (SSSR count). The number of nitrogens with one attached hydrogen (secondary N) is 1. The van der Waals surface area contributed by atoms with Crippen molar-refractivity contribution >= 4 is 5.91 Å². The monoisotopic (exact) mass is 402 g/mol. The highest BCUT2D eigenvalue weighted by atomic mass is 16.5. The van der Waals surface area contributed by atoms with E-state index >= 15 is 0 Å². The Morgan fingerprint density at radius 1 is 1.03 bits per heavy atom. The van der Waals surface area contributed by atoms with E-state index in [0.717, 1.165) is 50.1 Å². The van der Waals surface area contributed by atoms with E-state index in [2.05, 4.69) is 29.3 Å². The zero-order valence-electron chi connectivity index (χ0n) is 18.0. The SMILES string of the molecule is CCCOCc1ccccc1CNC(=O)CN1CCC(OC2CCCCC2)CC1. The molecule has 162 valence electrons. The van der Waals surface area contributed by atoms with Crippen molar-refractivity contribution in [2.24, 2.45) is 0 Å². The summed E-state index contributed by atoms with van der Waals surface area (Å²) in [6, 6.07) is 8.19. The van der Waals surface area contributed by atoms with Crippen LogP contribution < -0.4 is 5.32 Å². The average Bonchev–Trinajstić information content (AvgIpc) is 2.75. The fourth-order valence-electron chi connectivity index (χ4n) is 4.33. The Hall–Kier alpha value is -1.43. The molecule has 0 unspecified atom stereocenters. The number of carbonyl (C=O) groups is 1. The molecule has 1 N–H and O–H groups in total. The Morgan fingerprint density at radius 3 is 2.45 bits per heavy atom. The van der Waals surface area contributed by atoms with E-state index in [-0.39, 0.29) is 5.91 Å². The van der Waals surface area contributed by atoms with Gasteiger partial charge in [0.2, 0.25) is 5.91 Å². The largest absolute Gasteiger partial charge is 0.377 e. The molecule has 1 saturated carbocycles. The number of piperidine rings is 1. The van der Waals surface area contributed by atoms with E-state index in [9.17, 15) is 4.79 Å². The molecule has 2 aliphatic rings. The number of rotatable bonds is 10. The molecule has 5 nitrogen and oxygen atoms in total. The van der Waals surface area contributed by atoms with Crippen LogP contribution in [0.1, 0.15) is 69.4 Å². The van der Waals surface area contributed by atoms with Gasteiger partial charge < -0.3 is 14.8 Å². The lowest BCUT2D eigenvalue weighted by Gasteiger charge is -2.34. The molecular formula is C24H38N2O3. The highest BCUT2D eigenvalue weighted by Crippen LogP contribution is 2.24. The van der Waals surface area contributed by atoms with Crippen molar-refractivity contribution in [3.05, 3.63) is 35.4 Å². The van der Waals surface area contributed by atoms with Crippen molar-refractivity contribution in [2.45, 2.75) is 83.6 Å². The van der Waals surface area contributed by atoms with Crippen LogP contribution in [0.4, 0.5) is 0 Å². The first-order valence-electron chi connectivity index (χ1n) is 11.5. The first-order valence-corrected chi connectivity index (χ1v) is 11.5. The number of likely N-dealkylation sites (tertiary alicyclic amines) is 1. The molecule has 1 aromatic carbocycles. The van der Waals surface area contributed by atoms with Gasteiger partial charge in [0.05, 0.1) is 25.4 Å². The van der Waals surface area contributed by atoms with Crippen LogP contribution in [0.3, 0.4) is 0 Å². The standard InChI is InChI=1S/C24H38N2O3/c1-2-16-28-19-21-9-7-6-8-20(21)17-25-24(27)18-26-14-12-23(13-15-26)29-22-10-4-3-5-11-22/h6-9,22-23H,2-5,10-19H2,1H3,(H,25,27). The van der Waals surface area contributed by atoms with E-state index in [1.54, 1.807) is 0 Å². The molecule has 0 bridgehead atoms. The van der Waals surface area contributed by atoms with Gasteiger partial charge in [-0.1, -0.05) is 50.5 Å². The van der Waals surface area contributed by atoms with E-state index in [1.165, 1.54) is 32.1 Å². The number of benzene rings is 1. The smallest absolute Gasteiger partial charge is 0.234 e. The number of hydrogen-bond acceptors (Lipinski definition) is 4. The van der Waals surface area contributed by atoms with Crippen LogP contribution in [0.15, 0.2) is 24.3 Å². The van der Waals surface area contributed by atoms with Gasteiger partial charge in [0.1, 0.15) is 0 Å². The van der Waals surface area contributed by atoms with Crippen LogP contribution in [0.25, 0.3) is 0 Å². The normalized spacial score (nSPS) is 19.3. The summed E-state index contributed by atoms with van der Waals surface area (Å²) in [4.78, 5) is 14.7. The van der Waals surface area contributed by atoms with Crippen molar-refractivity contribution in [1.82, 2.24) is 10.2 Å². The van der Waals surface area contributed by atoms with Crippen molar-refractivity contribution < 1.29 is 14.3 Å². The zero-order valence-corrected chi connectivity index (χ0v) is 18.0. The summed E-state index contributed by atoms with van der Waals surface area (Å²) in [7, 11) is 0. The number of amides is 1. The lowest BCUT2D eigenvalue weighted by molar-refractivity contribution is -0.123. The Morgan fingerprint density at radius 2 is 1.72 bits per heavy atom. The molecule has 5 heteroatoms. The van der Waals surface area contributed by atoms with Crippen LogP contribution >= 0.6 is 0 Å². The summed E-state index contributed by atoms with van der Waals surface area (Å²) in [6.45, 7) is 6.42. The second-order valence-electron chi connectivity index (χ2n) is 8.47. The van der Waals surface area contributed by atoms with Crippen LogP contribution in [-0.4, -0.2) is 49.3 Å². The van der Waals surface area contributed by atoms with E-state index in [1.807, 2.05) is 12.1 Å². The maximum atomic E-state index is 12.4. The summed E-state index contributed by atoms with van der Waals surface area (Å²) in [5.74, 6) is 0.0981. The van der Waals surface area contributed by atoms with Crippen molar-refractivity contribution in [2.75, 3.05) is 26.2 Å². The summed E-state index contributed by atoms with van der Waals surface area (Å²) in [5, 5.41) is 3.09. The second-order valence-corrected chi connectivity index (χ2v) is 8.47. The van der Waals surface area contributed by atoms with Gasteiger partial charge in [-0.05, 0) is 43.2 Å². The molecule has 0 atom stereocenters. The third-order valence-corrected chi connectivity index (χ3v) is 6.04. The first kappa shape index (κ1) is 22.3. The number of carbonyl (C=O) groups excluding carboxylic acids is 1. The lowest BCUT2D eigenvalue weighted by Crippen LogP contribution is -2.43. The Bertz CT molecular complexity index is 608. The van der Waals surface area contributed by atoms with Gasteiger partial charge in [-0.3, -0.25) is 9.69 Å². The molecule has 0 radical (unpaired) electrons. The number of nitrogens with zero attached hydrogens (tertiary/aromatic N) is 1. The Balaban J connectivity index is 1.35. The van der Waals surface area contributed by atoms with Crippen molar-refractivity contribution in [1.29, 1.82) is 0 Å². The quantitative estimate of drug-likeness (QED) is 0.600. The predicted octanol–water partition coefficient (Wildman–Crippen LogP) is 4.04. The second kappa shape index (κ2) is 12.3. The Kier molecular flexibility index (Phi) is 9.45. The highest BCUT2D eigenvalue weighted by Gasteiger charge is 2.24. The molecule has 29 heavy (non-hydrogen) atoms. The average molecular weight is 403 g/mol.